The molecule has 0 atom stereocenters. The molecular formula is C22H18ClN3O3S. The first-order valence-electron chi connectivity index (χ1n) is 8.91. The van der Waals surface area contributed by atoms with Crippen LogP contribution in [-0.2, 0) is 4.79 Å². The number of anilines is 2. The van der Waals surface area contributed by atoms with Crippen molar-refractivity contribution in [1.82, 2.24) is 0 Å². The maximum Gasteiger partial charge on any atom is 0.255 e. The van der Waals surface area contributed by atoms with Gasteiger partial charge in [-0.3, -0.25) is 14.4 Å². The summed E-state index contributed by atoms with van der Waals surface area (Å²) in [6, 6.07) is 20.4. The van der Waals surface area contributed by atoms with E-state index in [1.165, 1.54) is 11.8 Å². The predicted molar refractivity (Wildman–Crippen MR) is 120 cm³/mol. The monoisotopic (exact) mass is 439 g/mol. The Hall–Kier alpha value is -3.29. The second-order valence-corrected chi connectivity index (χ2v) is 7.72. The lowest BCUT2D eigenvalue weighted by Crippen LogP contribution is -2.19. The summed E-state index contributed by atoms with van der Waals surface area (Å²) in [6.45, 7) is 0. The van der Waals surface area contributed by atoms with Crippen molar-refractivity contribution in [2.75, 3.05) is 16.4 Å². The maximum absolute atomic E-state index is 12.4. The van der Waals surface area contributed by atoms with E-state index >= 15 is 0 Å². The van der Waals surface area contributed by atoms with Gasteiger partial charge >= 0.3 is 0 Å². The average Bonchev–Trinajstić information content (AvgIpc) is 2.73. The number of rotatable bonds is 7. The molecule has 30 heavy (non-hydrogen) atoms. The second-order valence-electron chi connectivity index (χ2n) is 6.24. The number of hydrogen-bond acceptors (Lipinski definition) is 4. The van der Waals surface area contributed by atoms with Crippen molar-refractivity contribution in [1.29, 1.82) is 0 Å². The van der Waals surface area contributed by atoms with E-state index in [0.717, 1.165) is 4.90 Å². The van der Waals surface area contributed by atoms with Gasteiger partial charge in [-0.2, -0.15) is 0 Å². The first kappa shape index (κ1) is 21.4. The standard InChI is InChI=1S/C22H18ClN3O3S/c23-15-6-3-5-14(11-15)22(29)25-16-7-4-8-17(12-16)30-13-20(27)26-19-10-2-1-9-18(19)21(24)28/h1-12H,13H2,(H2,24,28)(H,25,29)(H,26,27). The van der Waals surface area contributed by atoms with Crippen LogP contribution >= 0.6 is 23.4 Å². The maximum atomic E-state index is 12.4. The first-order chi connectivity index (χ1) is 14.4. The van der Waals surface area contributed by atoms with Crippen molar-refractivity contribution in [3.05, 3.63) is 88.9 Å². The van der Waals surface area contributed by atoms with Crippen molar-refractivity contribution in [2.45, 2.75) is 4.90 Å². The van der Waals surface area contributed by atoms with Crippen molar-refractivity contribution < 1.29 is 14.4 Å². The van der Waals surface area contributed by atoms with Crippen molar-refractivity contribution in [3.63, 3.8) is 0 Å². The van der Waals surface area contributed by atoms with Crippen LogP contribution in [0.25, 0.3) is 0 Å². The largest absolute Gasteiger partial charge is 0.366 e. The Labute approximate surface area is 182 Å². The van der Waals surface area contributed by atoms with Crippen LogP contribution < -0.4 is 16.4 Å². The molecule has 0 aromatic heterocycles. The summed E-state index contributed by atoms with van der Waals surface area (Å²) >= 11 is 7.23. The lowest BCUT2D eigenvalue weighted by Gasteiger charge is -2.10. The summed E-state index contributed by atoms with van der Waals surface area (Å²) in [6.07, 6.45) is 0. The van der Waals surface area contributed by atoms with Crippen LogP contribution in [0.3, 0.4) is 0 Å². The molecule has 4 N–H and O–H groups in total. The molecule has 0 aliphatic carbocycles. The third kappa shape index (κ3) is 5.85. The number of benzene rings is 3. The molecule has 0 radical (unpaired) electrons. The number of thioether (sulfide) groups is 1. The number of para-hydroxylation sites is 1. The molecule has 0 spiro atoms. The zero-order chi connectivity index (χ0) is 21.5. The molecule has 0 aliphatic rings. The Balaban J connectivity index is 1.60. The van der Waals surface area contributed by atoms with Gasteiger partial charge in [-0.15, -0.1) is 11.8 Å². The van der Waals surface area contributed by atoms with E-state index in [-0.39, 0.29) is 23.1 Å². The summed E-state index contributed by atoms with van der Waals surface area (Å²) in [5, 5.41) is 5.99. The molecule has 0 saturated carbocycles. The van der Waals surface area contributed by atoms with Gasteiger partial charge in [-0.05, 0) is 48.5 Å². The minimum Gasteiger partial charge on any atom is -0.366 e. The fourth-order valence-corrected chi connectivity index (χ4v) is 3.58. The number of carbonyl (C=O) groups excluding carboxylic acids is 3. The van der Waals surface area contributed by atoms with E-state index in [9.17, 15) is 14.4 Å². The van der Waals surface area contributed by atoms with Gasteiger partial charge < -0.3 is 16.4 Å². The molecule has 0 unspecified atom stereocenters. The Bertz CT molecular complexity index is 1100. The lowest BCUT2D eigenvalue weighted by atomic mass is 10.1. The van der Waals surface area contributed by atoms with E-state index in [0.29, 0.717) is 22.0 Å². The molecule has 3 aromatic carbocycles. The topological polar surface area (TPSA) is 101 Å². The second kappa shape index (κ2) is 9.96. The molecule has 6 nitrogen and oxygen atoms in total. The van der Waals surface area contributed by atoms with Crippen LogP contribution in [0.1, 0.15) is 20.7 Å². The molecule has 152 valence electrons. The SMILES string of the molecule is NC(=O)c1ccccc1NC(=O)CSc1cccc(NC(=O)c2cccc(Cl)c2)c1. The zero-order valence-corrected chi connectivity index (χ0v) is 17.3. The summed E-state index contributed by atoms with van der Waals surface area (Å²) in [5.74, 6) is -1.04. The summed E-state index contributed by atoms with van der Waals surface area (Å²) in [5.41, 5.74) is 7.00. The Kier molecular flexibility index (Phi) is 7.11. The zero-order valence-electron chi connectivity index (χ0n) is 15.7. The summed E-state index contributed by atoms with van der Waals surface area (Å²) in [4.78, 5) is 36.9. The number of nitrogens with two attached hydrogens (primary N) is 1. The lowest BCUT2D eigenvalue weighted by molar-refractivity contribution is -0.113. The smallest absolute Gasteiger partial charge is 0.255 e. The Morgan fingerprint density at radius 2 is 1.67 bits per heavy atom. The van der Waals surface area contributed by atoms with Crippen molar-refractivity contribution >= 4 is 52.5 Å². The first-order valence-corrected chi connectivity index (χ1v) is 10.3. The third-order valence-corrected chi connectivity index (χ3v) is 5.24. The van der Waals surface area contributed by atoms with Crippen LogP contribution in [0.2, 0.25) is 5.02 Å². The number of halogens is 1. The normalized spacial score (nSPS) is 10.3. The van der Waals surface area contributed by atoms with E-state index < -0.39 is 5.91 Å². The van der Waals surface area contributed by atoms with Crippen molar-refractivity contribution in [3.8, 4) is 0 Å². The molecule has 0 heterocycles. The summed E-state index contributed by atoms with van der Waals surface area (Å²) in [7, 11) is 0. The molecule has 0 saturated heterocycles. The minimum absolute atomic E-state index is 0.124. The molecule has 8 heteroatoms. The predicted octanol–water partition coefficient (Wildman–Crippen LogP) is 4.42. The molecular weight excluding hydrogens is 422 g/mol. The Morgan fingerprint density at radius 1 is 0.900 bits per heavy atom. The van der Waals surface area contributed by atoms with Crippen LogP contribution in [-0.4, -0.2) is 23.5 Å². The third-order valence-electron chi connectivity index (χ3n) is 4.02. The van der Waals surface area contributed by atoms with E-state index in [2.05, 4.69) is 10.6 Å². The number of carbonyl (C=O) groups is 3. The number of nitrogens with one attached hydrogen (secondary N) is 2. The summed E-state index contributed by atoms with van der Waals surface area (Å²) < 4.78 is 0. The quantitative estimate of drug-likeness (QED) is 0.474. The van der Waals surface area contributed by atoms with E-state index in [1.54, 1.807) is 66.7 Å². The molecule has 0 bridgehead atoms. The fourth-order valence-electron chi connectivity index (χ4n) is 2.64. The van der Waals surface area contributed by atoms with Crippen molar-refractivity contribution in [2.24, 2.45) is 5.73 Å². The van der Waals surface area contributed by atoms with Crippen LogP contribution in [0, 0.1) is 0 Å². The number of hydrogen-bond donors (Lipinski definition) is 3. The van der Waals surface area contributed by atoms with E-state index in [1.807, 2.05) is 6.07 Å². The van der Waals surface area contributed by atoms with Gasteiger partial charge in [-0.1, -0.05) is 35.9 Å². The number of primary amides is 1. The molecule has 3 rings (SSSR count). The molecule has 3 aromatic rings. The van der Waals surface area contributed by atoms with Gasteiger partial charge in [-0.25, -0.2) is 0 Å². The van der Waals surface area contributed by atoms with Crippen LogP contribution in [0.4, 0.5) is 11.4 Å². The number of amides is 3. The van der Waals surface area contributed by atoms with Gasteiger partial charge in [0, 0.05) is 21.2 Å². The highest BCUT2D eigenvalue weighted by atomic mass is 35.5. The highest BCUT2D eigenvalue weighted by Gasteiger charge is 2.11. The Morgan fingerprint density at radius 3 is 2.43 bits per heavy atom. The van der Waals surface area contributed by atoms with Gasteiger partial charge in [0.1, 0.15) is 0 Å². The highest BCUT2D eigenvalue weighted by molar-refractivity contribution is 8.00. The molecule has 0 fully saturated rings. The van der Waals surface area contributed by atoms with Gasteiger partial charge in [0.15, 0.2) is 0 Å². The van der Waals surface area contributed by atoms with Gasteiger partial charge in [0.05, 0.1) is 17.0 Å². The van der Waals surface area contributed by atoms with Crippen LogP contribution in [0.15, 0.2) is 77.7 Å². The van der Waals surface area contributed by atoms with Gasteiger partial charge in [0.25, 0.3) is 11.8 Å². The minimum atomic E-state index is -0.610. The fraction of sp³-hybridized carbons (Fsp3) is 0.0455. The molecule has 0 aliphatic heterocycles. The average molecular weight is 440 g/mol. The van der Waals surface area contributed by atoms with E-state index in [4.69, 9.17) is 17.3 Å². The van der Waals surface area contributed by atoms with Crippen LogP contribution in [0.5, 0.6) is 0 Å². The molecule has 3 amide bonds. The van der Waals surface area contributed by atoms with Gasteiger partial charge in [0.2, 0.25) is 5.91 Å². The highest BCUT2D eigenvalue weighted by Crippen LogP contribution is 2.23.